The monoisotopic (exact) mass is 374 g/mol. The van der Waals surface area contributed by atoms with E-state index >= 15 is 0 Å². The van der Waals surface area contributed by atoms with Crippen molar-refractivity contribution in [3.63, 3.8) is 0 Å². The highest BCUT2D eigenvalue weighted by Gasteiger charge is 2.24. The maximum absolute atomic E-state index is 12.1. The molecule has 0 bridgehead atoms. The van der Waals surface area contributed by atoms with Gasteiger partial charge in [-0.05, 0) is 25.3 Å². The second-order valence-electron chi connectivity index (χ2n) is 5.02. The molecule has 0 saturated heterocycles. The molecule has 0 spiro atoms. The van der Waals surface area contributed by atoms with Gasteiger partial charge < -0.3 is 16.2 Å². The van der Waals surface area contributed by atoms with Gasteiger partial charge in [-0.15, -0.1) is 0 Å². The number of unbranched alkanes of at least 4 members (excludes halogenated alkanes) is 1. The van der Waals surface area contributed by atoms with Crippen LogP contribution in [0.4, 0.5) is 10.5 Å². The number of hydrogen-bond donors (Lipinski definition) is 4. The Hall–Kier alpha value is -2.73. The van der Waals surface area contributed by atoms with Crippen molar-refractivity contribution in [1.82, 2.24) is 10.0 Å². The Labute approximate surface area is 143 Å². The van der Waals surface area contributed by atoms with Gasteiger partial charge in [0.1, 0.15) is 6.04 Å². The van der Waals surface area contributed by atoms with Crippen LogP contribution in [0.3, 0.4) is 0 Å². The van der Waals surface area contributed by atoms with Crippen molar-refractivity contribution in [3.8, 4) is 0 Å². The van der Waals surface area contributed by atoms with Crippen LogP contribution < -0.4 is 15.8 Å². The van der Waals surface area contributed by atoms with E-state index in [0.29, 0.717) is 6.42 Å². The average Bonchev–Trinajstić information content (AvgIpc) is 2.52. The maximum atomic E-state index is 12.1. The number of nitrogens with one attached hydrogen (secondary N) is 2. The molecule has 0 aliphatic carbocycles. The third-order valence-electron chi connectivity index (χ3n) is 3.20. The van der Waals surface area contributed by atoms with E-state index in [1.54, 1.807) is 0 Å². The number of nitro groups is 1. The van der Waals surface area contributed by atoms with E-state index in [9.17, 15) is 28.1 Å². The minimum Gasteiger partial charge on any atom is -0.465 e. The normalized spacial score (nSPS) is 12.3. The van der Waals surface area contributed by atoms with Crippen LogP contribution >= 0.6 is 0 Å². The van der Waals surface area contributed by atoms with Crippen molar-refractivity contribution in [3.05, 3.63) is 34.4 Å². The van der Waals surface area contributed by atoms with E-state index in [0.717, 1.165) is 12.1 Å². The number of sulfonamides is 1. The minimum atomic E-state index is -4.07. The average molecular weight is 374 g/mol. The van der Waals surface area contributed by atoms with E-state index in [1.807, 2.05) is 5.32 Å². The number of primary amides is 1. The first-order valence-electron chi connectivity index (χ1n) is 7.17. The van der Waals surface area contributed by atoms with Crippen molar-refractivity contribution in [2.24, 2.45) is 5.73 Å². The second-order valence-corrected chi connectivity index (χ2v) is 6.76. The molecule has 1 aromatic rings. The molecule has 0 aliphatic rings. The highest BCUT2D eigenvalue weighted by atomic mass is 32.2. The van der Waals surface area contributed by atoms with Crippen molar-refractivity contribution < 1.29 is 28.0 Å². The van der Waals surface area contributed by atoms with Crippen LogP contribution in [-0.4, -0.2) is 43.0 Å². The second kappa shape index (κ2) is 8.94. The maximum Gasteiger partial charge on any atom is 0.405 e. The summed E-state index contributed by atoms with van der Waals surface area (Å²) in [5.41, 5.74) is 4.52. The zero-order valence-electron chi connectivity index (χ0n) is 13.0. The van der Waals surface area contributed by atoms with Gasteiger partial charge in [-0.2, -0.15) is 0 Å². The fourth-order valence-corrected chi connectivity index (χ4v) is 3.27. The number of nitrogens with two attached hydrogens (primary N) is 1. The standard InChI is InChI=1S/C13H18N4O7S/c14-12(18)9(16-13(19)20)5-3-4-8-15-25(23,24)11-7-2-1-6-10(11)17(21)22/h1-2,6-7,9,15-16H,3-5,8H2,(H2,14,18)(H,19,20). The van der Waals surface area contributed by atoms with E-state index in [-0.39, 0.29) is 19.4 Å². The number of carbonyl (C=O) groups is 2. The first-order valence-corrected chi connectivity index (χ1v) is 8.65. The number of rotatable bonds is 10. The number of carbonyl (C=O) groups excluding carboxylic acids is 1. The topological polar surface area (TPSA) is 182 Å². The Morgan fingerprint density at radius 2 is 1.92 bits per heavy atom. The molecule has 5 N–H and O–H groups in total. The molecule has 25 heavy (non-hydrogen) atoms. The summed E-state index contributed by atoms with van der Waals surface area (Å²) in [6.07, 6.45) is -0.687. The molecule has 1 rings (SSSR count). The van der Waals surface area contributed by atoms with E-state index in [1.165, 1.54) is 12.1 Å². The van der Waals surface area contributed by atoms with Crippen LogP contribution in [0.1, 0.15) is 19.3 Å². The third-order valence-corrected chi connectivity index (χ3v) is 4.71. The lowest BCUT2D eigenvalue weighted by molar-refractivity contribution is -0.387. The summed E-state index contributed by atoms with van der Waals surface area (Å²) in [5, 5.41) is 21.4. The molecular formula is C13H18N4O7S. The first-order chi connectivity index (χ1) is 11.6. The summed E-state index contributed by atoms with van der Waals surface area (Å²) in [6, 6.07) is 3.88. The van der Waals surface area contributed by atoms with E-state index in [4.69, 9.17) is 10.8 Å². The molecular weight excluding hydrogens is 356 g/mol. The summed E-state index contributed by atoms with van der Waals surface area (Å²) in [5.74, 6) is -0.831. The number of carboxylic acid groups (broad SMARTS) is 1. The Morgan fingerprint density at radius 1 is 1.28 bits per heavy atom. The van der Waals surface area contributed by atoms with E-state index < -0.39 is 43.6 Å². The van der Waals surface area contributed by atoms with Crippen molar-refractivity contribution >= 4 is 27.7 Å². The number of nitro benzene ring substituents is 1. The molecule has 1 atom stereocenters. The smallest absolute Gasteiger partial charge is 0.405 e. The summed E-state index contributed by atoms with van der Waals surface area (Å²) in [6.45, 7) is -0.0348. The fraction of sp³-hybridized carbons (Fsp3) is 0.385. The van der Waals surface area contributed by atoms with Gasteiger partial charge >= 0.3 is 6.09 Å². The van der Waals surface area contributed by atoms with Gasteiger partial charge in [-0.25, -0.2) is 17.9 Å². The lowest BCUT2D eigenvalue weighted by Gasteiger charge is -2.13. The van der Waals surface area contributed by atoms with E-state index in [2.05, 4.69) is 4.72 Å². The summed E-state index contributed by atoms with van der Waals surface area (Å²) >= 11 is 0. The number of hydrogen-bond acceptors (Lipinski definition) is 6. The molecule has 11 nitrogen and oxygen atoms in total. The van der Waals surface area contributed by atoms with Crippen molar-refractivity contribution in [1.29, 1.82) is 0 Å². The lowest BCUT2D eigenvalue weighted by atomic mass is 10.1. The number of para-hydroxylation sites is 1. The van der Waals surface area contributed by atoms with Gasteiger partial charge in [0.2, 0.25) is 15.9 Å². The molecule has 0 aromatic heterocycles. The summed E-state index contributed by atoms with van der Waals surface area (Å²) < 4.78 is 26.5. The summed E-state index contributed by atoms with van der Waals surface area (Å²) in [4.78, 5) is 31.2. The molecule has 138 valence electrons. The highest BCUT2D eigenvalue weighted by molar-refractivity contribution is 7.89. The number of benzene rings is 1. The van der Waals surface area contributed by atoms with Crippen LogP contribution in [0.2, 0.25) is 0 Å². The van der Waals surface area contributed by atoms with Gasteiger partial charge in [0, 0.05) is 12.6 Å². The van der Waals surface area contributed by atoms with Crippen molar-refractivity contribution in [2.75, 3.05) is 6.54 Å². The van der Waals surface area contributed by atoms with Crippen LogP contribution in [0.5, 0.6) is 0 Å². The van der Waals surface area contributed by atoms with Crippen LogP contribution in [0, 0.1) is 10.1 Å². The Morgan fingerprint density at radius 3 is 2.48 bits per heavy atom. The molecule has 1 unspecified atom stereocenters. The van der Waals surface area contributed by atoms with Crippen molar-refractivity contribution in [2.45, 2.75) is 30.2 Å². The lowest BCUT2D eigenvalue weighted by Crippen LogP contribution is -2.43. The zero-order valence-corrected chi connectivity index (χ0v) is 13.9. The molecule has 0 fully saturated rings. The first kappa shape index (κ1) is 20.3. The SMILES string of the molecule is NC(=O)C(CCCCNS(=O)(=O)c1ccccc1[N+](=O)[O-])NC(=O)O. The van der Waals surface area contributed by atoms with Gasteiger partial charge in [0.15, 0.2) is 4.90 Å². The molecule has 0 aliphatic heterocycles. The van der Waals surface area contributed by atoms with Gasteiger partial charge in [-0.3, -0.25) is 14.9 Å². The molecule has 0 saturated carbocycles. The third kappa shape index (κ3) is 6.35. The fourth-order valence-electron chi connectivity index (χ4n) is 2.03. The summed E-state index contributed by atoms with van der Waals surface area (Å²) in [7, 11) is -4.07. The highest BCUT2D eigenvalue weighted by Crippen LogP contribution is 2.22. The Kier molecular flexibility index (Phi) is 7.26. The van der Waals surface area contributed by atoms with Gasteiger partial charge in [-0.1, -0.05) is 12.1 Å². The molecule has 2 amide bonds. The molecule has 12 heteroatoms. The predicted molar refractivity (Wildman–Crippen MR) is 86.3 cm³/mol. The molecule has 1 aromatic carbocycles. The predicted octanol–water partition coefficient (Wildman–Crippen LogP) is 0.165. The molecule has 0 radical (unpaired) electrons. The minimum absolute atomic E-state index is 0.0348. The quantitative estimate of drug-likeness (QED) is 0.255. The Bertz CT molecular complexity index is 750. The number of nitrogens with zero attached hydrogens (tertiary/aromatic N) is 1. The van der Waals surface area contributed by atoms with Crippen LogP contribution in [0.15, 0.2) is 29.2 Å². The van der Waals surface area contributed by atoms with Crippen LogP contribution in [0.25, 0.3) is 0 Å². The number of amides is 2. The van der Waals surface area contributed by atoms with Crippen LogP contribution in [-0.2, 0) is 14.8 Å². The van der Waals surface area contributed by atoms with Gasteiger partial charge in [0.05, 0.1) is 4.92 Å². The largest absolute Gasteiger partial charge is 0.465 e. The zero-order chi connectivity index (χ0) is 19.0. The Balaban J connectivity index is 2.57. The molecule has 0 heterocycles. The van der Waals surface area contributed by atoms with Gasteiger partial charge in [0.25, 0.3) is 5.69 Å².